The van der Waals surface area contributed by atoms with Crippen LogP contribution in [-0.2, 0) is 0 Å². The highest BCUT2D eigenvalue weighted by molar-refractivity contribution is 5.87. The molecule has 2 heteroatoms. The molecule has 1 saturated carbocycles. The van der Waals surface area contributed by atoms with Gasteiger partial charge in [-0.05, 0) is 39.0 Å². The number of hydrogen-bond donors (Lipinski definition) is 0. The van der Waals surface area contributed by atoms with E-state index in [1.165, 1.54) is 49.9 Å². The van der Waals surface area contributed by atoms with E-state index < -0.39 is 0 Å². The maximum Gasteiger partial charge on any atom is 0.0405 e. The summed E-state index contributed by atoms with van der Waals surface area (Å²) < 4.78 is 0. The molecule has 13 heavy (non-hydrogen) atoms. The maximum atomic E-state index is 4.31. The van der Waals surface area contributed by atoms with Crippen molar-refractivity contribution in [2.24, 2.45) is 10.2 Å². The van der Waals surface area contributed by atoms with Gasteiger partial charge in [-0.25, -0.2) is 0 Å². The summed E-state index contributed by atoms with van der Waals surface area (Å²) in [6, 6.07) is 0. The molecule has 0 spiro atoms. The molecule has 0 aromatic carbocycles. The van der Waals surface area contributed by atoms with Crippen LogP contribution >= 0.6 is 0 Å². The summed E-state index contributed by atoms with van der Waals surface area (Å²) in [4.78, 5) is 0. The summed E-state index contributed by atoms with van der Waals surface area (Å²) in [5, 5.41) is 8.55. The van der Waals surface area contributed by atoms with E-state index in [2.05, 4.69) is 24.1 Å². The second-order valence-electron chi connectivity index (χ2n) is 3.81. The van der Waals surface area contributed by atoms with Crippen molar-refractivity contribution in [3.8, 4) is 0 Å². The SMILES string of the molecule is CCCC(C)=NN=C1CCCCC1. The van der Waals surface area contributed by atoms with Crippen molar-refractivity contribution in [3.63, 3.8) is 0 Å². The summed E-state index contributed by atoms with van der Waals surface area (Å²) in [7, 11) is 0. The summed E-state index contributed by atoms with van der Waals surface area (Å²) in [6.45, 7) is 4.24. The second kappa shape index (κ2) is 5.90. The molecule has 0 aliphatic heterocycles. The number of rotatable bonds is 3. The zero-order valence-corrected chi connectivity index (χ0v) is 8.84. The molecule has 1 aliphatic rings. The maximum absolute atomic E-state index is 4.31. The Hall–Kier alpha value is -0.660. The van der Waals surface area contributed by atoms with Crippen molar-refractivity contribution in [2.45, 2.75) is 58.8 Å². The van der Waals surface area contributed by atoms with Crippen molar-refractivity contribution in [1.82, 2.24) is 0 Å². The monoisotopic (exact) mass is 180 g/mol. The molecule has 2 nitrogen and oxygen atoms in total. The third-order valence-corrected chi connectivity index (χ3v) is 2.40. The molecule has 1 aliphatic carbocycles. The Labute approximate surface area is 81.1 Å². The van der Waals surface area contributed by atoms with E-state index in [-0.39, 0.29) is 0 Å². The first-order valence-electron chi connectivity index (χ1n) is 5.41. The lowest BCUT2D eigenvalue weighted by Gasteiger charge is -2.10. The van der Waals surface area contributed by atoms with E-state index in [1.807, 2.05) is 0 Å². The summed E-state index contributed by atoms with van der Waals surface area (Å²) >= 11 is 0. The average Bonchev–Trinajstić information content (AvgIpc) is 2.17. The number of hydrogen-bond acceptors (Lipinski definition) is 2. The van der Waals surface area contributed by atoms with Crippen LogP contribution in [0.3, 0.4) is 0 Å². The van der Waals surface area contributed by atoms with Crippen molar-refractivity contribution in [2.75, 3.05) is 0 Å². The van der Waals surface area contributed by atoms with Crippen molar-refractivity contribution in [1.29, 1.82) is 0 Å². The molecule has 0 bridgehead atoms. The third-order valence-electron chi connectivity index (χ3n) is 2.40. The molecule has 0 aromatic rings. The van der Waals surface area contributed by atoms with Gasteiger partial charge >= 0.3 is 0 Å². The largest absolute Gasteiger partial charge is 0.160 e. The lowest BCUT2D eigenvalue weighted by molar-refractivity contribution is 0.664. The van der Waals surface area contributed by atoms with Crippen LogP contribution < -0.4 is 0 Å². The van der Waals surface area contributed by atoms with Gasteiger partial charge in [0.25, 0.3) is 0 Å². The van der Waals surface area contributed by atoms with E-state index in [1.54, 1.807) is 0 Å². The van der Waals surface area contributed by atoms with Gasteiger partial charge in [0, 0.05) is 11.4 Å². The summed E-state index contributed by atoms with van der Waals surface area (Å²) in [5.41, 5.74) is 2.47. The standard InChI is InChI=1S/C11H20N2/c1-3-7-10(2)12-13-11-8-5-4-6-9-11/h3-9H2,1-2H3. The van der Waals surface area contributed by atoms with Crippen LogP contribution in [0.15, 0.2) is 10.2 Å². The second-order valence-corrected chi connectivity index (χ2v) is 3.81. The van der Waals surface area contributed by atoms with Crippen LogP contribution in [0.5, 0.6) is 0 Å². The molecule has 0 saturated heterocycles. The van der Waals surface area contributed by atoms with Crippen molar-refractivity contribution < 1.29 is 0 Å². The topological polar surface area (TPSA) is 24.7 Å². The molecule has 0 amide bonds. The normalized spacial score (nSPS) is 18.9. The van der Waals surface area contributed by atoms with Crippen LogP contribution in [0.1, 0.15) is 58.8 Å². The Kier molecular flexibility index (Phi) is 4.73. The fraction of sp³-hybridized carbons (Fsp3) is 0.818. The van der Waals surface area contributed by atoms with Crippen LogP contribution in [0.4, 0.5) is 0 Å². The quantitative estimate of drug-likeness (QED) is 0.468. The molecule has 0 heterocycles. The lowest BCUT2D eigenvalue weighted by atomic mass is 9.99. The molecular formula is C11H20N2. The van der Waals surface area contributed by atoms with Crippen LogP contribution in [0.25, 0.3) is 0 Å². The van der Waals surface area contributed by atoms with E-state index in [4.69, 9.17) is 0 Å². The van der Waals surface area contributed by atoms with Gasteiger partial charge in [0.1, 0.15) is 0 Å². The van der Waals surface area contributed by atoms with Gasteiger partial charge in [0.15, 0.2) is 0 Å². The molecule has 0 aromatic heterocycles. The first kappa shape index (κ1) is 10.4. The molecule has 1 fully saturated rings. The van der Waals surface area contributed by atoms with E-state index in [0.29, 0.717) is 0 Å². The Balaban J connectivity index is 2.39. The zero-order valence-electron chi connectivity index (χ0n) is 8.84. The van der Waals surface area contributed by atoms with Gasteiger partial charge in [-0.1, -0.05) is 19.8 Å². The highest BCUT2D eigenvalue weighted by Crippen LogP contribution is 2.14. The van der Waals surface area contributed by atoms with Gasteiger partial charge in [-0.15, -0.1) is 0 Å². The Morgan fingerprint density at radius 1 is 1.23 bits per heavy atom. The smallest absolute Gasteiger partial charge is 0.0405 e. The minimum Gasteiger partial charge on any atom is -0.160 e. The predicted molar refractivity (Wildman–Crippen MR) is 58.5 cm³/mol. The fourth-order valence-corrected chi connectivity index (χ4v) is 1.63. The van der Waals surface area contributed by atoms with Crippen molar-refractivity contribution >= 4 is 11.4 Å². The molecule has 0 unspecified atom stereocenters. The fourth-order valence-electron chi connectivity index (χ4n) is 1.63. The average molecular weight is 180 g/mol. The lowest BCUT2D eigenvalue weighted by Crippen LogP contribution is -2.04. The third kappa shape index (κ3) is 4.20. The van der Waals surface area contributed by atoms with Crippen molar-refractivity contribution in [3.05, 3.63) is 0 Å². The van der Waals surface area contributed by atoms with E-state index in [0.717, 1.165) is 6.42 Å². The minimum atomic E-state index is 1.08. The minimum absolute atomic E-state index is 1.08. The summed E-state index contributed by atoms with van der Waals surface area (Å²) in [5.74, 6) is 0. The van der Waals surface area contributed by atoms with Gasteiger partial charge in [-0.3, -0.25) is 0 Å². The van der Waals surface area contributed by atoms with Gasteiger partial charge in [-0.2, -0.15) is 10.2 Å². The van der Waals surface area contributed by atoms with Gasteiger partial charge in [0.05, 0.1) is 0 Å². The van der Waals surface area contributed by atoms with E-state index in [9.17, 15) is 0 Å². The molecular weight excluding hydrogens is 160 g/mol. The van der Waals surface area contributed by atoms with Gasteiger partial charge < -0.3 is 0 Å². The zero-order chi connectivity index (χ0) is 9.52. The Bertz CT molecular complexity index is 196. The summed E-state index contributed by atoms with van der Waals surface area (Å²) in [6.07, 6.45) is 8.57. The molecule has 0 N–H and O–H groups in total. The van der Waals surface area contributed by atoms with E-state index >= 15 is 0 Å². The molecule has 1 rings (SSSR count). The van der Waals surface area contributed by atoms with Crippen LogP contribution in [0, 0.1) is 0 Å². The highest BCUT2D eigenvalue weighted by Gasteiger charge is 2.05. The first-order valence-corrected chi connectivity index (χ1v) is 5.41. The Morgan fingerprint density at radius 3 is 2.54 bits per heavy atom. The first-order chi connectivity index (χ1) is 6.33. The van der Waals surface area contributed by atoms with Gasteiger partial charge in [0.2, 0.25) is 0 Å². The molecule has 74 valence electrons. The number of nitrogens with zero attached hydrogens (tertiary/aromatic N) is 2. The predicted octanol–water partition coefficient (Wildman–Crippen LogP) is 3.57. The highest BCUT2D eigenvalue weighted by atomic mass is 15.2. The van der Waals surface area contributed by atoms with Crippen LogP contribution in [0.2, 0.25) is 0 Å². The molecule has 0 atom stereocenters. The Morgan fingerprint density at radius 2 is 1.92 bits per heavy atom. The molecule has 0 radical (unpaired) electrons. The van der Waals surface area contributed by atoms with Crippen LogP contribution in [-0.4, -0.2) is 11.4 Å².